The molecule has 0 aromatic heterocycles. The number of carbonyl (C=O) groups excluding carboxylic acids is 3. The Morgan fingerprint density at radius 3 is 2.64 bits per heavy atom. The predicted octanol–water partition coefficient (Wildman–Crippen LogP) is 5.06. The Balaban J connectivity index is 1.59. The molecule has 4 heterocycles. The largest absolute Gasteiger partial charge is 0.493 e. The van der Waals surface area contributed by atoms with Crippen LogP contribution in [0.5, 0.6) is 5.75 Å². The fourth-order valence-electron chi connectivity index (χ4n) is 7.93. The molecule has 7 nitrogen and oxygen atoms in total. The first-order chi connectivity index (χ1) is 18.9. The topological polar surface area (TPSA) is 87.7 Å². The second-order valence-electron chi connectivity index (χ2n) is 10.8. The summed E-state index contributed by atoms with van der Waals surface area (Å²) in [5, 5.41) is 6.66. The molecule has 4 aliphatic rings. The summed E-state index contributed by atoms with van der Waals surface area (Å²) in [6, 6.07) is 17.9. The maximum absolute atomic E-state index is 14.8. The van der Waals surface area contributed by atoms with Gasteiger partial charge in [0.15, 0.2) is 5.78 Å². The number of carbonyl (C=O) groups is 3. The molecule has 0 bridgehead atoms. The highest BCUT2D eigenvalue weighted by Gasteiger charge is 2.81. The van der Waals surface area contributed by atoms with Crippen LogP contribution in [0.1, 0.15) is 46.8 Å². The first-order valence-electron chi connectivity index (χ1n) is 13.4. The van der Waals surface area contributed by atoms with E-state index in [-0.39, 0.29) is 23.6 Å². The number of hydrogen-bond acceptors (Lipinski definition) is 5. The Morgan fingerprint density at radius 2 is 1.82 bits per heavy atom. The van der Waals surface area contributed by atoms with Crippen LogP contribution < -0.4 is 15.4 Å². The van der Waals surface area contributed by atoms with Crippen molar-refractivity contribution in [1.82, 2.24) is 4.90 Å². The van der Waals surface area contributed by atoms with E-state index in [1.807, 2.05) is 56.3 Å². The van der Waals surface area contributed by atoms with E-state index >= 15 is 0 Å². The number of amides is 2. The molecule has 0 radical (unpaired) electrons. The molecule has 39 heavy (non-hydrogen) atoms. The van der Waals surface area contributed by atoms with Gasteiger partial charge in [-0.2, -0.15) is 0 Å². The van der Waals surface area contributed by atoms with E-state index in [1.165, 1.54) is 0 Å². The Labute approximate surface area is 231 Å². The third-order valence-electron chi connectivity index (χ3n) is 9.10. The van der Waals surface area contributed by atoms with Crippen LogP contribution in [-0.4, -0.2) is 41.7 Å². The molecule has 198 valence electrons. The highest BCUT2D eigenvalue weighted by atomic mass is 35.5. The van der Waals surface area contributed by atoms with E-state index < -0.39 is 16.9 Å². The van der Waals surface area contributed by atoms with E-state index in [4.69, 9.17) is 16.3 Å². The molecule has 3 aromatic carbocycles. The highest BCUT2D eigenvalue weighted by Crippen LogP contribution is 2.68. The smallest absolute Gasteiger partial charge is 0.251 e. The molecular weight excluding hydrogens is 514 g/mol. The minimum Gasteiger partial charge on any atom is -0.493 e. The summed E-state index contributed by atoms with van der Waals surface area (Å²) in [6.07, 6.45) is 1.50. The summed E-state index contributed by atoms with van der Waals surface area (Å²) < 4.78 is 5.87. The van der Waals surface area contributed by atoms with Gasteiger partial charge in [-0.05, 0) is 74.7 Å². The van der Waals surface area contributed by atoms with Crippen LogP contribution in [0.15, 0.2) is 60.7 Å². The number of Topliss-reactive ketones (excluding diaryl/α,β-unsaturated/α-hetero) is 1. The van der Waals surface area contributed by atoms with Crippen molar-refractivity contribution in [2.75, 3.05) is 23.8 Å². The molecule has 0 aliphatic carbocycles. The van der Waals surface area contributed by atoms with E-state index in [1.54, 1.807) is 18.2 Å². The van der Waals surface area contributed by atoms with Gasteiger partial charge in [0.1, 0.15) is 16.7 Å². The fourth-order valence-corrected chi connectivity index (χ4v) is 8.20. The Morgan fingerprint density at radius 1 is 1.05 bits per heavy atom. The van der Waals surface area contributed by atoms with Gasteiger partial charge in [0, 0.05) is 28.0 Å². The van der Waals surface area contributed by atoms with Crippen molar-refractivity contribution in [2.45, 2.75) is 43.7 Å². The molecule has 7 rings (SSSR count). The second-order valence-corrected chi connectivity index (χ2v) is 11.2. The maximum atomic E-state index is 14.8. The Kier molecular flexibility index (Phi) is 5.25. The van der Waals surface area contributed by atoms with Gasteiger partial charge < -0.3 is 15.4 Å². The molecule has 2 fully saturated rings. The standard InChI is InChI=1S/C31H28ClN3O4/c1-3-39-24-13-7-4-9-19(24)27(36)25-23-12-8-14-35(23)31(21-16-18(32)15-17(2)26(21)34-29(31)38)30(25)20-10-5-6-11-22(20)33-28(30)37/h4-7,9-11,13,15-16,23,25H,3,8,12,14H2,1-2H3,(H,33,37)(H,34,38). The second kappa shape index (κ2) is 8.41. The van der Waals surface area contributed by atoms with E-state index in [9.17, 15) is 14.4 Å². The van der Waals surface area contributed by atoms with E-state index in [2.05, 4.69) is 15.5 Å². The van der Waals surface area contributed by atoms with Crippen molar-refractivity contribution in [3.05, 3.63) is 87.9 Å². The average molecular weight is 542 g/mol. The van der Waals surface area contributed by atoms with Crippen molar-refractivity contribution >= 4 is 40.6 Å². The third-order valence-corrected chi connectivity index (χ3v) is 9.32. The summed E-state index contributed by atoms with van der Waals surface area (Å²) in [5.74, 6) is -1.19. The Bertz CT molecular complexity index is 1590. The summed E-state index contributed by atoms with van der Waals surface area (Å²) in [4.78, 5) is 46.1. The summed E-state index contributed by atoms with van der Waals surface area (Å²) in [7, 11) is 0. The van der Waals surface area contributed by atoms with Crippen molar-refractivity contribution < 1.29 is 19.1 Å². The van der Waals surface area contributed by atoms with Crippen LogP contribution in [0.2, 0.25) is 5.02 Å². The van der Waals surface area contributed by atoms with Gasteiger partial charge in [0.2, 0.25) is 5.91 Å². The van der Waals surface area contributed by atoms with Crippen LogP contribution >= 0.6 is 11.6 Å². The van der Waals surface area contributed by atoms with Gasteiger partial charge >= 0.3 is 0 Å². The summed E-state index contributed by atoms with van der Waals surface area (Å²) in [6.45, 7) is 4.75. The lowest BCUT2D eigenvalue weighted by molar-refractivity contribution is -0.137. The van der Waals surface area contributed by atoms with Gasteiger partial charge in [-0.25, -0.2) is 0 Å². The zero-order valence-corrected chi connectivity index (χ0v) is 22.5. The maximum Gasteiger partial charge on any atom is 0.251 e. The number of ketones is 1. The van der Waals surface area contributed by atoms with Gasteiger partial charge in [0.05, 0.1) is 18.1 Å². The number of aryl methyl sites for hydroxylation is 1. The lowest BCUT2D eigenvalue weighted by Crippen LogP contribution is -2.62. The van der Waals surface area contributed by atoms with Crippen molar-refractivity contribution in [1.29, 1.82) is 0 Å². The number of para-hydroxylation sites is 2. The molecule has 4 unspecified atom stereocenters. The zero-order chi connectivity index (χ0) is 27.1. The number of halogens is 1. The average Bonchev–Trinajstić information content (AvgIpc) is 3.64. The number of nitrogens with one attached hydrogen (secondary N) is 2. The zero-order valence-electron chi connectivity index (χ0n) is 21.7. The summed E-state index contributed by atoms with van der Waals surface area (Å²) in [5.41, 5.74) is 0.881. The minimum absolute atomic E-state index is 0.195. The van der Waals surface area contributed by atoms with Crippen LogP contribution in [0.25, 0.3) is 0 Å². The lowest BCUT2D eigenvalue weighted by atomic mass is 9.57. The van der Waals surface area contributed by atoms with Crippen molar-refractivity contribution in [3.63, 3.8) is 0 Å². The number of rotatable bonds is 4. The Hall–Kier alpha value is -3.68. The van der Waals surface area contributed by atoms with Gasteiger partial charge in [-0.3, -0.25) is 19.3 Å². The van der Waals surface area contributed by atoms with Crippen molar-refractivity contribution in [2.24, 2.45) is 5.92 Å². The number of ether oxygens (including phenoxy) is 1. The molecule has 3 aromatic rings. The van der Waals surface area contributed by atoms with Gasteiger partial charge in [-0.15, -0.1) is 0 Å². The fraction of sp³-hybridized carbons (Fsp3) is 0.323. The molecule has 0 saturated carbocycles. The van der Waals surface area contributed by atoms with Crippen LogP contribution in [0.3, 0.4) is 0 Å². The first-order valence-corrected chi connectivity index (χ1v) is 13.8. The number of anilines is 2. The van der Waals surface area contributed by atoms with Gasteiger partial charge in [0.25, 0.3) is 5.91 Å². The van der Waals surface area contributed by atoms with E-state index in [0.717, 1.165) is 12.0 Å². The quantitative estimate of drug-likeness (QED) is 0.451. The molecule has 2 amide bonds. The predicted molar refractivity (Wildman–Crippen MR) is 148 cm³/mol. The number of nitrogens with zero attached hydrogens (tertiary/aromatic N) is 1. The highest BCUT2D eigenvalue weighted by molar-refractivity contribution is 6.31. The number of benzene rings is 3. The minimum atomic E-state index is -1.52. The molecule has 4 atom stereocenters. The van der Waals surface area contributed by atoms with Crippen LogP contribution in [0.4, 0.5) is 11.4 Å². The molecule has 2 saturated heterocycles. The normalized spacial score (nSPS) is 28.4. The number of hydrogen-bond donors (Lipinski definition) is 2. The van der Waals surface area contributed by atoms with Crippen LogP contribution in [0, 0.1) is 12.8 Å². The van der Waals surface area contributed by atoms with Crippen molar-refractivity contribution in [3.8, 4) is 5.75 Å². The molecule has 2 N–H and O–H groups in total. The van der Waals surface area contributed by atoms with Crippen LogP contribution in [-0.2, 0) is 20.5 Å². The first kappa shape index (κ1) is 24.4. The third kappa shape index (κ3) is 2.84. The molecule has 4 aliphatic heterocycles. The molecular formula is C31H28ClN3O4. The molecule has 2 spiro atoms. The lowest BCUT2D eigenvalue weighted by Gasteiger charge is -2.43. The van der Waals surface area contributed by atoms with E-state index in [0.29, 0.717) is 58.4 Å². The number of fused-ring (bicyclic) bond motifs is 7. The molecule has 8 heteroatoms. The SMILES string of the molecule is CCOc1ccccc1C(=O)C1C2CCCN2C2(C(=O)Nc3c(C)cc(Cl)cc32)C12C(=O)Nc1ccccc12. The summed E-state index contributed by atoms with van der Waals surface area (Å²) >= 11 is 6.62. The monoisotopic (exact) mass is 541 g/mol. The van der Waals surface area contributed by atoms with Gasteiger partial charge in [-0.1, -0.05) is 41.9 Å².